The molecule has 0 unspecified atom stereocenters. The highest BCUT2D eigenvalue weighted by molar-refractivity contribution is 5.68. The van der Waals surface area contributed by atoms with E-state index in [0.717, 1.165) is 0 Å². The first-order chi connectivity index (χ1) is 8.99. The van der Waals surface area contributed by atoms with Crippen LogP contribution in [-0.4, -0.2) is 0 Å². The molecule has 19 heavy (non-hydrogen) atoms. The van der Waals surface area contributed by atoms with Crippen molar-refractivity contribution in [3.8, 4) is 11.1 Å². The van der Waals surface area contributed by atoms with Crippen LogP contribution in [0.3, 0.4) is 0 Å². The van der Waals surface area contributed by atoms with Gasteiger partial charge < -0.3 is 0 Å². The van der Waals surface area contributed by atoms with Crippen molar-refractivity contribution in [1.82, 2.24) is 0 Å². The molecule has 0 atom stereocenters. The first-order valence-corrected chi connectivity index (χ1v) is 7.20. The van der Waals surface area contributed by atoms with E-state index in [1.54, 1.807) is 0 Å². The van der Waals surface area contributed by atoms with Crippen LogP contribution in [0.2, 0.25) is 0 Å². The van der Waals surface area contributed by atoms with Crippen molar-refractivity contribution in [2.75, 3.05) is 0 Å². The van der Waals surface area contributed by atoms with Crippen molar-refractivity contribution in [3.05, 3.63) is 59.2 Å². The van der Waals surface area contributed by atoms with E-state index in [9.17, 15) is 0 Å². The molecule has 100 valence electrons. The van der Waals surface area contributed by atoms with E-state index in [1.165, 1.54) is 27.8 Å². The molecule has 0 nitrogen and oxygen atoms in total. The van der Waals surface area contributed by atoms with Gasteiger partial charge in [-0.25, -0.2) is 0 Å². The van der Waals surface area contributed by atoms with Crippen LogP contribution >= 0.6 is 0 Å². The molecule has 2 aromatic rings. The first kappa shape index (κ1) is 13.9. The Kier molecular flexibility index (Phi) is 4.09. The van der Waals surface area contributed by atoms with Gasteiger partial charge >= 0.3 is 0 Å². The van der Waals surface area contributed by atoms with Gasteiger partial charge in [0.15, 0.2) is 0 Å². The highest BCUT2D eigenvalue weighted by Gasteiger charge is 2.06. The molecule has 2 aromatic carbocycles. The summed E-state index contributed by atoms with van der Waals surface area (Å²) in [7, 11) is 0. The van der Waals surface area contributed by atoms with Crippen molar-refractivity contribution in [2.45, 2.75) is 46.5 Å². The largest absolute Gasteiger partial charge is 0.0587 e. The molecule has 0 bridgehead atoms. The Balaban J connectivity index is 2.36. The lowest BCUT2D eigenvalue weighted by molar-refractivity contribution is 0.864. The minimum absolute atomic E-state index is 0.594. The zero-order valence-electron chi connectivity index (χ0n) is 12.7. The molecule has 0 heterocycles. The van der Waals surface area contributed by atoms with Crippen LogP contribution in [0.5, 0.6) is 0 Å². The van der Waals surface area contributed by atoms with Crippen LogP contribution in [0.1, 0.15) is 56.2 Å². The van der Waals surface area contributed by atoms with E-state index in [2.05, 4.69) is 77.1 Å². The summed E-state index contributed by atoms with van der Waals surface area (Å²) >= 11 is 0. The molecule has 0 N–H and O–H groups in total. The Bertz CT molecular complexity index is 545. The zero-order chi connectivity index (χ0) is 14.0. The number of benzene rings is 2. The van der Waals surface area contributed by atoms with E-state index < -0.39 is 0 Å². The van der Waals surface area contributed by atoms with Crippen molar-refractivity contribution >= 4 is 0 Å². The Morgan fingerprint density at radius 3 is 1.68 bits per heavy atom. The fourth-order valence-corrected chi connectivity index (χ4v) is 2.42. The average Bonchev–Trinajstić information content (AvgIpc) is 2.38. The lowest BCUT2D eigenvalue weighted by Gasteiger charge is -2.12. The molecule has 0 aliphatic heterocycles. The van der Waals surface area contributed by atoms with Gasteiger partial charge in [-0.2, -0.15) is 0 Å². The fraction of sp³-hybridized carbons (Fsp3) is 0.368. The lowest BCUT2D eigenvalue weighted by Crippen LogP contribution is -1.91. The summed E-state index contributed by atoms with van der Waals surface area (Å²) in [6.45, 7) is 11.2. The van der Waals surface area contributed by atoms with Gasteiger partial charge in [0.25, 0.3) is 0 Å². The van der Waals surface area contributed by atoms with Gasteiger partial charge in [-0.1, -0.05) is 70.2 Å². The molecule has 0 fully saturated rings. The van der Waals surface area contributed by atoms with Crippen LogP contribution in [0, 0.1) is 6.92 Å². The predicted molar refractivity (Wildman–Crippen MR) is 84.8 cm³/mol. The van der Waals surface area contributed by atoms with Gasteiger partial charge in [-0.3, -0.25) is 0 Å². The second-order valence-corrected chi connectivity index (χ2v) is 6.01. The molecule has 0 amide bonds. The van der Waals surface area contributed by atoms with Gasteiger partial charge in [-0.05, 0) is 46.6 Å². The van der Waals surface area contributed by atoms with E-state index in [1.807, 2.05) is 0 Å². The Morgan fingerprint density at radius 1 is 0.684 bits per heavy atom. The Labute approximate surface area is 117 Å². The van der Waals surface area contributed by atoms with Crippen molar-refractivity contribution in [2.24, 2.45) is 0 Å². The summed E-state index contributed by atoms with van der Waals surface area (Å²) in [6.07, 6.45) is 0. The maximum atomic E-state index is 2.32. The Hall–Kier alpha value is -1.56. The summed E-state index contributed by atoms with van der Waals surface area (Å²) < 4.78 is 0. The topological polar surface area (TPSA) is 0 Å². The van der Waals surface area contributed by atoms with Crippen LogP contribution in [-0.2, 0) is 0 Å². The van der Waals surface area contributed by atoms with Gasteiger partial charge in [0, 0.05) is 0 Å². The number of hydrogen-bond donors (Lipinski definition) is 0. The molecule has 0 aromatic heterocycles. The Morgan fingerprint density at radius 2 is 1.21 bits per heavy atom. The third kappa shape index (κ3) is 3.07. The highest BCUT2D eigenvalue weighted by atomic mass is 14.1. The molecule has 0 aliphatic rings. The molecular weight excluding hydrogens is 228 g/mol. The molecule has 0 heteroatoms. The van der Waals surface area contributed by atoms with E-state index in [-0.39, 0.29) is 0 Å². The SMILES string of the molecule is Cc1cc(C(C)C)ccc1-c1ccc(C(C)C)cc1. The lowest BCUT2D eigenvalue weighted by atomic mass is 9.93. The van der Waals surface area contributed by atoms with E-state index in [0.29, 0.717) is 11.8 Å². The second-order valence-electron chi connectivity index (χ2n) is 6.01. The summed E-state index contributed by atoms with van der Waals surface area (Å²) in [5, 5.41) is 0. The summed E-state index contributed by atoms with van der Waals surface area (Å²) in [4.78, 5) is 0. The van der Waals surface area contributed by atoms with Gasteiger partial charge in [-0.15, -0.1) is 0 Å². The van der Waals surface area contributed by atoms with Crippen LogP contribution < -0.4 is 0 Å². The molecule has 0 saturated carbocycles. The minimum Gasteiger partial charge on any atom is -0.0587 e. The van der Waals surface area contributed by atoms with Crippen molar-refractivity contribution in [1.29, 1.82) is 0 Å². The van der Waals surface area contributed by atoms with Gasteiger partial charge in [0.2, 0.25) is 0 Å². The minimum atomic E-state index is 0.594. The highest BCUT2D eigenvalue weighted by Crippen LogP contribution is 2.28. The number of rotatable bonds is 3. The predicted octanol–water partition coefficient (Wildman–Crippen LogP) is 5.91. The first-order valence-electron chi connectivity index (χ1n) is 7.20. The molecule has 0 spiro atoms. The molecule has 0 aliphatic carbocycles. The average molecular weight is 252 g/mol. The third-order valence-corrected chi connectivity index (χ3v) is 3.81. The molecule has 0 radical (unpaired) electrons. The summed E-state index contributed by atoms with van der Waals surface area (Å²) in [5.41, 5.74) is 6.85. The maximum Gasteiger partial charge on any atom is -0.0155 e. The smallest absolute Gasteiger partial charge is 0.0155 e. The van der Waals surface area contributed by atoms with Gasteiger partial charge in [0.05, 0.1) is 0 Å². The monoisotopic (exact) mass is 252 g/mol. The summed E-state index contributed by atoms with van der Waals surface area (Å²) in [6, 6.07) is 15.8. The van der Waals surface area contributed by atoms with Gasteiger partial charge in [0.1, 0.15) is 0 Å². The van der Waals surface area contributed by atoms with Crippen molar-refractivity contribution in [3.63, 3.8) is 0 Å². The number of aryl methyl sites for hydroxylation is 1. The fourth-order valence-electron chi connectivity index (χ4n) is 2.42. The quantitative estimate of drug-likeness (QED) is 0.637. The van der Waals surface area contributed by atoms with Crippen molar-refractivity contribution < 1.29 is 0 Å². The molecule has 2 rings (SSSR count). The van der Waals surface area contributed by atoms with Crippen LogP contribution in [0.15, 0.2) is 42.5 Å². The normalized spacial score (nSPS) is 11.3. The van der Waals surface area contributed by atoms with Crippen LogP contribution in [0.25, 0.3) is 11.1 Å². The van der Waals surface area contributed by atoms with Crippen LogP contribution in [0.4, 0.5) is 0 Å². The standard InChI is InChI=1S/C19H24/c1-13(2)16-6-8-17(9-7-16)19-11-10-18(14(3)4)12-15(19)5/h6-14H,1-5H3. The zero-order valence-corrected chi connectivity index (χ0v) is 12.7. The second kappa shape index (κ2) is 5.61. The number of hydrogen-bond acceptors (Lipinski definition) is 0. The van der Waals surface area contributed by atoms with E-state index in [4.69, 9.17) is 0 Å². The summed E-state index contributed by atoms with van der Waals surface area (Å²) in [5.74, 6) is 1.19. The molecule has 0 saturated heterocycles. The maximum absolute atomic E-state index is 2.32. The third-order valence-electron chi connectivity index (χ3n) is 3.81. The van der Waals surface area contributed by atoms with E-state index >= 15 is 0 Å². The molecular formula is C19H24.